The number of aromatic nitrogens is 2. The maximum atomic E-state index is 13.1. The van der Waals surface area contributed by atoms with Crippen LogP contribution in [-0.4, -0.2) is 47.3 Å². The number of hydrogen-bond donors (Lipinski definition) is 0. The van der Waals surface area contributed by atoms with E-state index >= 15 is 0 Å². The predicted octanol–water partition coefficient (Wildman–Crippen LogP) is 2.06. The van der Waals surface area contributed by atoms with Crippen molar-refractivity contribution in [1.29, 1.82) is 0 Å². The summed E-state index contributed by atoms with van der Waals surface area (Å²) >= 11 is 0. The van der Waals surface area contributed by atoms with Gasteiger partial charge in [-0.2, -0.15) is 5.10 Å². The Morgan fingerprint density at radius 1 is 1.20 bits per heavy atom. The van der Waals surface area contributed by atoms with Crippen LogP contribution in [0.4, 0.5) is 5.69 Å². The average molecular weight is 340 g/mol. The van der Waals surface area contributed by atoms with Crippen molar-refractivity contribution in [3.8, 4) is 5.75 Å². The van der Waals surface area contributed by atoms with Crippen LogP contribution in [0.15, 0.2) is 36.7 Å². The van der Waals surface area contributed by atoms with Gasteiger partial charge in [-0.3, -0.25) is 14.4 Å². The van der Waals surface area contributed by atoms with E-state index in [0.29, 0.717) is 0 Å². The molecule has 0 bridgehead atoms. The van der Waals surface area contributed by atoms with Gasteiger partial charge in [0.15, 0.2) is 0 Å². The van der Waals surface area contributed by atoms with E-state index in [1.54, 1.807) is 18.0 Å². The van der Waals surface area contributed by atoms with E-state index < -0.39 is 0 Å². The first-order valence-electron chi connectivity index (χ1n) is 8.76. The lowest BCUT2D eigenvalue weighted by Crippen LogP contribution is -2.36. The lowest BCUT2D eigenvalue weighted by Gasteiger charge is -2.23. The number of amides is 1. The van der Waals surface area contributed by atoms with Crippen LogP contribution in [0.1, 0.15) is 18.4 Å². The van der Waals surface area contributed by atoms with Crippen molar-refractivity contribution in [3.05, 3.63) is 42.2 Å². The molecule has 1 aromatic carbocycles. The zero-order chi connectivity index (χ0) is 17.4. The Bertz CT molecular complexity index is 770. The zero-order valence-corrected chi connectivity index (χ0v) is 14.8. The average Bonchev–Trinajstić information content (AvgIpc) is 3.30. The van der Waals surface area contributed by atoms with Crippen LogP contribution in [0.2, 0.25) is 0 Å². The minimum Gasteiger partial charge on any atom is -0.497 e. The highest BCUT2D eigenvalue weighted by Gasteiger charge is 2.51. The van der Waals surface area contributed by atoms with E-state index in [0.717, 1.165) is 50.5 Å². The van der Waals surface area contributed by atoms with E-state index in [9.17, 15) is 4.79 Å². The summed E-state index contributed by atoms with van der Waals surface area (Å²) < 4.78 is 6.96. The Morgan fingerprint density at radius 2 is 1.96 bits per heavy atom. The van der Waals surface area contributed by atoms with Gasteiger partial charge in [-0.05, 0) is 37.1 Å². The summed E-state index contributed by atoms with van der Waals surface area (Å²) in [5.74, 6) is 1.14. The highest BCUT2D eigenvalue weighted by atomic mass is 16.5. The van der Waals surface area contributed by atoms with Gasteiger partial charge in [0, 0.05) is 32.9 Å². The highest BCUT2D eigenvalue weighted by molar-refractivity contribution is 6.00. The molecule has 6 heteroatoms. The Balaban J connectivity index is 1.43. The van der Waals surface area contributed by atoms with E-state index in [1.165, 1.54) is 5.56 Å². The molecule has 1 atom stereocenters. The molecule has 1 unspecified atom stereocenters. The molecule has 2 aliphatic heterocycles. The van der Waals surface area contributed by atoms with Gasteiger partial charge in [-0.25, -0.2) is 0 Å². The largest absolute Gasteiger partial charge is 0.497 e. The number of benzene rings is 1. The standard InChI is InChI=1S/C19H24N4O2/c1-21-13-16(11-20-21)23-10-8-19(18(23)24)7-9-22(14-19)12-15-3-5-17(25-2)6-4-15/h3-6,11,13H,7-10,12,14H2,1-2H3. The Labute approximate surface area is 148 Å². The summed E-state index contributed by atoms with van der Waals surface area (Å²) in [7, 11) is 3.56. The first-order chi connectivity index (χ1) is 12.1. The molecule has 3 heterocycles. The van der Waals surface area contributed by atoms with Gasteiger partial charge in [0.05, 0.1) is 24.4 Å². The van der Waals surface area contributed by atoms with Crippen LogP contribution in [-0.2, 0) is 18.4 Å². The molecular formula is C19H24N4O2. The summed E-state index contributed by atoms with van der Waals surface area (Å²) in [6.45, 7) is 3.49. The smallest absolute Gasteiger partial charge is 0.234 e. The van der Waals surface area contributed by atoms with E-state index in [2.05, 4.69) is 22.1 Å². The first kappa shape index (κ1) is 16.1. The third-order valence-corrected chi connectivity index (χ3v) is 5.51. The minimum absolute atomic E-state index is 0.220. The van der Waals surface area contributed by atoms with Gasteiger partial charge in [0.1, 0.15) is 5.75 Å². The number of methoxy groups -OCH3 is 1. The SMILES string of the molecule is COc1ccc(CN2CCC3(CCN(c4cnn(C)c4)C3=O)C2)cc1. The monoisotopic (exact) mass is 340 g/mol. The number of carbonyl (C=O) groups excluding carboxylic acids is 1. The summed E-state index contributed by atoms with van der Waals surface area (Å²) in [4.78, 5) is 17.4. The zero-order valence-electron chi connectivity index (χ0n) is 14.8. The van der Waals surface area contributed by atoms with Crippen LogP contribution in [0, 0.1) is 5.41 Å². The Kier molecular flexibility index (Phi) is 4.00. The molecule has 2 fully saturated rings. The summed E-state index contributed by atoms with van der Waals surface area (Å²) in [5, 5.41) is 4.20. The number of ether oxygens (including phenoxy) is 1. The van der Waals surface area contributed by atoms with Crippen molar-refractivity contribution in [2.24, 2.45) is 12.5 Å². The number of anilines is 1. The molecular weight excluding hydrogens is 316 g/mol. The number of likely N-dealkylation sites (tertiary alicyclic amines) is 1. The molecule has 0 N–H and O–H groups in total. The lowest BCUT2D eigenvalue weighted by molar-refractivity contribution is -0.125. The normalized spacial score (nSPS) is 23.8. The maximum Gasteiger partial charge on any atom is 0.234 e. The third kappa shape index (κ3) is 2.91. The van der Waals surface area contributed by atoms with Crippen LogP contribution in [0.5, 0.6) is 5.75 Å². The van der Waals surface area contributed by atoms with Gasteiger partial charge >= 0.3 is 0 Å². The molecule has 25 heavy (non-hydrogen) atoms. The molecule has 2 aromatic rings. The van der Waals surface area contributed by atoms with Crippen molar-refractivity contribution in [2.45, 2.75) is 19.4 Å². The highest BCUT2D eigenvalue weighted by Crippen LogP contribution is 2.42. The second-order valence-electron chi connectivity index (χ2n) is 7.17. The fourth-order valence-corrected chi connectivity index (χ4v) is 4.08. The minimum atomic E-state index is -0.220. The van der Waals surface area contributed by atoms with Gasteiger partial charge in [-0.15, -0.1) is 0 Å². The van der Waals surface area contributed by atoms with Crippen molar-refractivity contribution < 1.29 is 9.53 Å². The number of carbonyl (C=O) groups is 1. The molecule has 132 valence electrons. The first-order valence-corrected chi connectivity index (χ1v) is 8.76. The molecule has 0 aliphatic carbocycles. The molecule has 1 aromatic heterocycles. The predicted molar refractivity (Wildman–Crippen MR) is 95.5 cm³/mol. The Hall–Kier alpha value is -2.34. The lowest BCUT2D eigenvalue weighted by atomic mass is 9.85. The molecule has 2 saturated heterocycles. The molecule has 6 nitrogen and oxygen atoms in total. The van der Waals surface area contributed by atoms with Crippen LogP contribution in [0.25, 0.3) is 0 Å². The van der Waals surface area contributed by atoms with Crippen molar-refractivity contribution in [1.82, 2.24) is 14.7 Å². The van der Waals surface area contributed by atoms with E-state index in [4.69, 9.17) is 4.74 Å². The number of hydrogen-bond acceptors (Lipinski definition) is 4. The maximum absolute atomic E-state index is 13.1. The molecule has 0 saturated carbocycles. The number of aryl methyl sites for hydroxylation is 1. The van der Waals surface area contributed by atoms with Gasteiger partial charge in [-0.1, -0.05) is 12.1 Å². The summed E-state index contributed by atoms with van der Waals surface area (Å²) in [5.41, 5.74) is 1.95. The summed E-state index contributed by atoms with van der Waals surface area (Å²) in [6.07, 6.45) is 5.57. The van der Waals surface area contributed by atoms with Crippen LogP contribution in [0.3, 0.4) is 0 Å². The molecule has 1 spiro atoms. The van der Waals surface area contributed by atoms with Gasteiger partial charge in [0.25, 0.3) is 0 Å². The third-order valence-electron chi connectivity index (χ3n) is 5.51. The van der Waals surface area contributed by atoms with Gasteiger partial charge < -0.3 is 9.64 Å². The van der Waals surface area contributed by atoms with Crippen molar-refractivity contribution in [2.75, 3.05) is 31.6 Å². The van der Waals surface area contributed by atoms with Gasteiger partial charge in [0.2, 0.25) is 5.91 Å². The Morgan fingerprint density at radius 3 is 2.64 bits per heavy atom. The fourth-order valence-electron chi connectivity index (χ4n) is 4.08. The molecule has 1 amide bonds. The topological polar surface area (TPSA) is 50.6 Å². The van der Waals surface area contributed by atoms with Crippen LogP contribution >= 0.6 is 0 Å². The van der Waals surface area contributed by atoms with E-state index in [-0.39, 0.29) is 11.3 Å². The van der Waals surface area contributed by atoms with E-state index in [1.807, 2.05) is 30.3 Å². The van der Waals surface area contributed by atoms with Crippen LogP contribution < -0.4 is 9.64 Å². The quantitative estimate of drug-likeness (QED) is 0.855. The number of nitrogens with zero attached hydrogens (tertiary/aromatic N) is 4. The second kappa shape index (κ2) is 6.19. The second-order valence-corrected chi connectivity index (χ2v) is 7.17. The number of rotatable bonds is 4. The van der Waals surface area contributed by atoms with Crippen molar-refractivity contribution in [3.63, 3.8) is 0 Å². The fraction of sp³-hybridized carbons (Fsp3) is 0.474. The van der Waals surface area contributed by atoms with Crippen molar-refractivity contribution >= 4 is 11.6 Å². The molecule has 0 radical (unpaired) electrons. The molecule has 2 aliphatic rings. The molecule has 4 rings (SSSR count). The summed E-state index contributed by atoms with van der Waals surface area (Å²) in [6, 6.07) is 8.18.